The topological polar surface area (TPSA) is 87.2 Å². The van der Waals surface area contributed by atoms with Crippen molar-refractivity contribution in [3.05, 3.63) is 40.4 Å². The van der Waals surface area contributed by atoms with Gasteiger partial charge in [-0.3, -0.25) is 15.5 Å². The van der Waals surface area contributed by atoms with Gasteiger partial charge in [-0.15, -0.1) is 0 Å². The Bertz CT molecular complexity index is 590. The number of hydrazine groups is 1. The van der Waals surface area contributed by atoms with E-state index in [1.165, 1.54) is 0 Å². The molecule has 0 amide bonds. The lowest BCUT2D eigenvalue weighted by molar-refractivity contribution is 0.182. The summed E-state index contributed by atoms with van der Waals surface area (Å²) >= 11 is 3.52. The maximum Gasteiger partial charge on any atom is 0.142 e. The van der Waals surface area contributed by atoms with Crippen molar-refractivity contribution in [1.82, 2.24) is 20.2 Å². The zero-order valence-corrected chi connectivity index (χ0v) is 13.5. The Morgan fingerprint density at radius 3 is 2.90 bits per heavy atom. The molecule has 8 heteroatoms. The van der Waals surface area contributed by atoms with E-state index in [9.17, 15) is 0 Å². The molecule has 1 atom stereocenters. The molecule has 0 aromatic carbocycles. The largest absolute Gasteiger partial charge is 0.495 e. The Hall–Kier alpha value is -1.48. The third kappa shape index (κ3) is 3.41. The number of methoxy groups -OCH3 is 2. The van der Waals surface area contributed by atoms with Crippen LogP contribution in [0.25, 0.3) is 0 Å². The molecule has 0 aliphatic rings. The minimum Gasteiger partial charge on any atom is -0.495 e. The van der Waals surface area contributed by atoms with E-state index in [-0.39, 0.29) is 6.04 Å². The average Bonchev–Trinajstić information content (AvgIpc) is 2.88. The molecular weight excluding hydrogens is 338 g/mol. The second kappa shape index (κ2) is 7.51. The SMILES string of the molecule is COCCn1ncc(Br)c1C(NN)c1ccncc1OC. The molecule has 7 nitrogen and oxygen atoms in total. The number of nitrogens with zero attached hydrogens (tertiary/aromatic N) is 3. The van der Waals surface area contributed by atoms with Gasteiger partial charge in [0.15, 0.2) is 0 Å². The zero-order valence-electron chi connectivity index (χ0n) is 11.9. The predicted molar refractivity (Wildman–Crippen MR) is 81.8 cm³/mol. The lowest BCUT2D eigenvalue weighted by Gasteiger charge is -2.20. The van der Waals surface area contributed by atoms with E-state index < -0.39 is 0 Å². The highest BCUT2D eigenvalue weighted by molar-refractivity contribution is 9.10. The lowest BCUT2D eigenvalue weighted by Crippen LogP contribution is -2.31. The first-order valence-corrected chi connectivity index (χ1v) is 7.16. The van der Waals surface area contributed by atoms with Gasteiger partial charge < -0.3 is 9.47 Å². The number of hydrogen-bond donors (Lipinski definition) is 2. The first-order chi connectivity index (χ1) is 10.2. The number of pyridine rings is 1. The molecule has 0 saturated heterocycles. The van der Waals surface area contributed by atoms with E-state index in [2.05, 4.69) is 31.4 Å². The Morgan fingerprint density at radius 1 is 1.43 bits per heavy atom. The molecule has 114 valence electrons. The van der Waals surface area contributed by atoms with Crippen molar-refractivity contribution in [2.45, 2.75) is 12.6 Å². The van der Waals surface area contributed by atoms with Crippen LogP contribution in [0.2, 0.25) is 0 Å². The van der Waals surface area contributed by atoms with Crippen LogP contribution in [-0.4, -0.2) is 35.6 Å². The second-order valence-electron chi connectivity index (χ2n) is 4.31. The van der Waals surface area contributed by atoms with E-state index in [1.807, 2.05) is 10.7 Å². The molecular formula is C13H18BrN5O2. The molecule has 21 heavy (non-hydrogen) atoms. The number of aromatic nitrogens is 3. The summed E-state index contributed by atoms with van der Waals surface area (Å²) in [6.45, 7) is 1.19. The number of ether oxygens (including phenoxy) is 2. The van der Waals surface area contributed by atoms with E-state index >= 15 is 0 Å². The highest BCUT2D eigenvalue weighted by Crippen LogP contribution is 2.32. The zero-order chi connectivity index (χ0) is 15.2. The van der Waals surface area contributed by atoms with Crippen LogP contribution in [0.4, 0.5) is 0 Å². The van der Waals surface area contributed by atoms with Gasteiger partial charge in [0.25, 0.3) is 0 Å². The van der Waals surface area contributed by atoms with Crippen LogP contribution in [0, 0.1) is 0 Å². The average molecular weight is 356 g/mol. The summed E-state index contributed by atoms with van der Waals surface area (Å²) in [5, 5.41) is 4.34. The highest BCUT2D eigenvalue weighted by Gasteiger charge is 2.23. The van der Waals surface area contributed by atoms with Crippen LogP contribution in [0.15, 0.2) is 29.1 Å². The summed E-state index contributed by atoms with van der Waals surface area (Å²) in [5.41, 5.74) is 4.60. The molecule has 3 N–H and O–H groups in total. The monoisotopic (exact) mass is 355 g/mol. The molecule has 2 heterocycles. The number of hydrogen-bond acceptors (Lipinski definition) is 6. The molecule has 2 aromatic rings. The standard InChI is InChI=1S/C13H18BrN5O2/c1-20-6-5-19-13(10(14)7-17-19)12(18-15)9-3-4-16-8-11(9)21-2/h3-4,7-8,12,18H,5-6,15H2,1-2H3. The van der Waals surface area contributed by atoms with Gasteiger partial charge in [-0.05, 0) is 22.0 Å². The molecule has 2 rings (SSSR count). The Labute approximate surface area is 131 Å². The molecule has 0 saturated carbocycles. The number of rotatable bonds is 7. The highest BCUT2D eigenvalue weighted by atomic mass is 79.9. The van der Waals surface area contributed by atoms with Crippen LogP contribution in [0.3, 0.4) is 0 Å². The molecule has 0 spiro atoms. The van der Waals surface area contributed by atoms with Crippen molar-refractivity contribution in [2.24, 2.45) is 5.84 Å². The molecule has 0 radical (unpaired) electrons. The number of nitrogens with one attached hydrogen (secondary N) is 1. The quantitative estimate of drug-likeness (QED) is 0.574. The van der Waals surface area contributed by atoms with E-state index in [0.717, 1.165) is 15.7 Å². The summed E-state index contributed by atoms with van der Waals surface area (Å²) in [7, 11) is 3.26. The van der Waals surface area contributed by atoms with E-state index in [1.54, 1.807) is 32.8 Å². The third-order valence-electron chi connectivity index (χ3n) is 3.13. The summed E-state index contributed by atoms with van der Waals surface area (Å²) < 4.78 is 13.2. The summed E-state index contributed by atoms with van der Waals surface area (Å²) in [6, 6.07) is 1.58. The third-order valence-corrected chi connectivity index (χ3v) is 3.74. The Kier molecular flexibility index (Phi) is 5.68. The smallest absolute Gasteiger partial charge is 0.142 e. The molecule has 1 unspecified atom stereocenters. The number of nitrogens with two attached hydrogens (primary N) is 1. The first-order valence-electron chi connectivity index (χ1n) is 6.37. The summed E-state index contributed by atoms with van der Waals surface area (Å²) in [5.74, 6) is 6.43. The fourth-order valence-corrected chi connectivity index (χ4v) is 2.66. The van der Waals surface area contributed by atoms with Gasteiger partial charge in [0.1, 0.15) is 5.75 Å². The van der Waals surface area contributed by atoms with Crippen molar-refractivity contribution < 1.29 is 9.47 Å². The van der Waals surface area contributed by atoms with E-state index in [0.29, 0.717) is 18.9 Å². The maximum absolute atomic E-state index is 5.77. The number of halogens is 1. The van der Waals surface area contributed by atoms with Crippen LogP contribution in [0.1, 0.15) is 17.3 Å². The van der Waals surface area contributed by atoms with Crippen molar-refractivity contribution in [1.29, 1.82) is 0 Å². The van der Waals surface area contributed by atoms with Crippen molar-refractivity contribution in [3.8, 4) is 5.75 Å². The van der Waals surface area contributed by atoms with Gasteiger partial charge in [-0.1, -0.05) is 0 Å². The fourth-order valence-electron chi connectivity index (χ4n) is 2.13. The Morgan fingerprint density at radius 2 is 2.24 bits per heavy atom. The molecule has 0 aliphatic heterocycles. The van der Waals surface area contributed by atoms with Crippen LogP contribution in [0.5, 0.6) is 5.75 Å². The van der Waals surface area contributed by atoms with Crippen LogP contribution < -0.4 is 16.0 Å². The van der Waals surface area contributed by atoms with Gasteiger partial charge >= 0.3 is 0 Å². The second-order valence-corrected chi connectivity index (χ2v) is 5.17. The molecule has 0 fully saturated rings. The van der Waals surface area contributed by atoms with E-state index in [4.69, 9.17) is 15.3 Å². The lowest BCUT2D eigenvalue weighted by atomic mass is 10.0. The van der Waals surface area contributed by atoms with Gasteiger partial charge in [0.05, 0.1) is 48.9 Å². The van der Waals surface area contributed by atoms with Gasteiger partial charge in [-0.25, -0.2) is 5.43 Å². The molecule has 0 bridgehead atoms. The van der Waals surface area contributed by atoms with Crippen molar-refractivity contribution in [2.75, 3.05) is 20.8 Å². The van der Waals surface area contributed by atoms with Crippen molar-refractivity contribution >= 4 is 15.9 Å². The molecule has 0 aliphatic carbocycles. The summed E-state index contributed by atoms with van der Waals surface area (Å²) in [6.07, 6.45) is 5.10. The van der Waals surface area contributed by atoms with Gasteiger partial charge in [-0.2, -0.15) is 5.10 Å². The Balaban J connectivity index is 2.44. The maximum atomic E-state index is 5.77. The predicted octanol–water partition coefficient (Wildman–Crippen LogP) is 1.25. The molecule has 2 aromatic heterocycles. The van der Waals surface area contributed by atoms with Crippen molar-refractivity contribution in [3.63, 3.8) is 0 Å². The van der Waals surface area contributed by atoms with Crippen LogP contribution >= 0.6 is 15.9 Å². The minimum atomic E-state index is -0.281. The first kappa shape index (κ1) is 15.9. The minimum absolute atomic E-state index is 0.281. The van der Waals surface area contributed by atoms with Gasteiger partial charge in [0, 0.05) is 18.9 Å². The normalized spacial score (nSPS) is 12.4. The fraction of sp³-hybridized carbons (Fsp3) is 0.385. The summed E-state index contributed by atoms with van der Waals surface area (Å²) in [4.78, 5) is 4.06. The van der Waals surface area contributed by atoms with Gasteiger partial charge in [0.2, 0.25) is 0 Å². The van der Waals surface area contributed by atoms with Crippen LogP contribution in [-0.2, 0) is 11.3 Å².